The van der Waals surface area contributed by atoms with Crippen LogP contribution in [0, 0.1) is 11.8 Å². The lowest BCUT2D eigenvalue weighted by Gasteiger charge is -1.95. The van der Waals surface area contributed by atoms with Crippen LogP contribution in [0.25, 0.3) is 0 Å². The number of benzene rings is 1. The summed E-state index contributed by atoms with van der Waals surface area (Å²) in [5, 5.41) is 6.80. The Morgan fingerprint density at radius 3 is 2.67 bits per heavy atom. The molecule has 0 bridgehead atoms. The van der Waals surface area contributed by atoms with E-state index in [1.54, 1.807) is 17.9 Å². The van der Waals surface area contributed by atoms with Crippen LogP contribution in [-0.4, -0.2) is 15.7 Å². The minimum Gasteiger partial charge on any atom is -0.308 e. The monoisotopic (exact) mass is 239 g/mol. The van der Waals surface area contributed by atoms with Crippen LogP contribution in [0.15, 0.2) is 36.5 Å². The highest BCUT2D eigenvalue weighted by Crippen LogP contribution is 2.11. The number of aromatic nitrogens is 2. The maximum Gasteiger partial charge on any atom is 0.222 e. The summed E-state index contributed by atoms with van der Waals surface area (Å²) < 4.78 is 1.63. The number of hydrogen-bond donors (Lipinski definition) is 1. The Morgan fingerprint density at radius 1 is 1.28 bits per heavy atom. The molecule has 1 N–H and O–H groups in total. The number of rotatable bonds is 1. The smallest absolute Gasteiger partial charge is 0.222 e. The van der Waals surface area contributed by atoms with Gasteiger partial charge in [0, 0.05) is 25.7 Å². The van der Waals surface area contributed by atoms with Crippen LogP contribution in [0.5, 0.6) is 0 Å². The average Bonchev–Trinajstić information content (AvgIpc) is 2.67. The van der Waals surface area contributed by atoms with Crippen LogP contribution >= 0.6 is 0 Å². The molecule has 1 aromatic carbocycles. The molecule has 0 atom stereocenters. The highest BCUT2D eigenvalue weighted by Gasteiger charge is 2.06. The summed E-state index contributed by atoms with van der Waals surface area (Å²) in [5.41, 5.74) is 1.63. The third-order valence-corrected chi connectivity index (χ3v) is 2.24. The summed E-state index contributed by atoms with van der Waals surface area (Å²) in [6.45, 7) is 1.45. The van der Waals surface area contributed by atoms with Gasteiger partial charge in [0.1, 0.15) is 0 Å². The highest BCUT2D eigenvalue weighted by atomic mass is 16.1. The van der Waals surface area contributed by atoms with Gasteiger partial charge < -0.3 is 5.32 Å². The molecule has 1 heterocycles. The maximum atomic E-state index is 11.0. The number of aryl methyl sites for hydroxylation is 1. The number of carbonyl (C=O) groups is 1. The predicted octanol–water partition coefficient (Wildman–Crippen LogP) is 1.78. The zero-order valence-electron chi connectivity index (χ0n) is 10.3. The SMILES string of the molecule is CC(=O)Nc1nn(C)cc1C#Cc1ccccc1. The lowest BCUT2D eigenvalue weighted by molar-refractivity contribution is -0.114. The van der Waals surface area contributed by atoms with Crippen molar-refractivity contribution in [3.8, 4) is 11.8 Å². The number of hydrogen-bond acceptors (Lipinski definition) is 2. The van der Waals surface area contributed by atoms with Gasteiger partial charge >= 0.3 is 0 Å². The van der Waals surface area contributed by atoms with E-state index in [-0.39, 0.29) is 5.91 Å². The van der Waals surface area contributed by atoms with Crippen LogP contribution < -0.4 is 5.32 Å². The Hall–Kier alpha value is -2.54. The summed E-state index contributed by atoms with van der Waals surface area (Å²) in [5.74, 6) is 6.38. The lowest BCUT2D eigenvalue weighted by atomic mass is 10.2. The van der Waals surface area contributed by atoms with Crippen molar-refractivity contribution in [3.63, 3.8) is 0 Å². The summed E-state index contributed by atoms with van der Waals surface area (Å²) in [6.07, 6.45) is 1.78. The summed E-state index contributed by atoms with van der Waals surface area (Å²) in [7, 11) is 1.79. The number of nitrogens with one attached hydrogen (secondary N) is 1. The van der Waals surface area contributed by atoms with Crippen LogP contribution in [0.1, 0.15) is 18.1 Å². The van der Waals surface area contributed by atoms with Crippen LogP contribution in [0.3, 0.4) is 0 Å². The Labute approximate surface area is 106 Å². The molecule has 0 radical (unpaired) electrons. The van der Waals surface area contributed by atoms with Crippen molar-refractivity contribution in [2.75, 3.05) is 5.32 Å². The van der Waals surface area contributed by atoms with Gasteiger partial charge in [0.2, 0.25) is 5.91 Å². The van der Waals surface area contributed by atoms with Crippen LogP contribution in [0.2, 0.25) is 0 Å². The molecule has 4 nitrogen and oxygen atoms in total. The third kappa shape index (κ3) is 2.98. The molecule has 18 heavy (non-hydrogen) atoms. The number of nitrogens with zero attached hydrogens (tertiary/aromatic N) is 2. The first kappa shape index (κ1) is 11.9. The Balaban J connectivity index is 2.29. The van der Waals surface area contributed by atoms with Gasteiger partial charge in [-0.05, 0) is 12.1 Å². The highest BCUT2D eigenvalue weighted by molar-refractivity contribution is 5.89. The summed E-state index contributed by atoms with van der Waals surface area (Å²) in [6, 6.07) is 9.67. The molecule has 0 fully saturated rings. The maximum absolute atomic E-state index is 11.0. The van der Waals surface area contributed by atoms with Crippen molar-refractivity contribution in [2.45, 2.75) is 6.92 Å². The van der Waals surface area contributed by atoms with E-state index < -0.39 is 0 Å². The first-order valence-corrected chi connectivity index (χ1v) is 5.53. The van der Waals surface area contributed by atoms with Crippen molar-refractivity contribution in [3.05, 3.63) is 47.7 Å². The van der Waals surface area contributed by atoms with Gasteiger partial charge in [-0.2, -0.15) is 5.10 Å². The fourth-order valence-corrected chi connectivity index (χ4v) is 1.50. The molecule has 0 aliphatic carbocycles. The Kier molecular flexibility index (Phi) is 3.44. The number of amides is 1. The Bertz CT molecular complexity index is 617. The molecular formula is C14H13N3O. The van der Waals surface area contributed by atoms with E-state index in [1.165, 1.54) is 6.92 Å². The quantitative estimate of drug-likeness (QED) is 0.771. The largest absolute Gasteiger partial charge is 0.308 e. The van der Waals surface area contributed by atoms with Crippen molar-refractivity contribution in [1.29, 1.82) is 0 Å². The van der Waals surface area contributed by atoms with Gasteiger partial charge in [0.15, 0.2) is 5.82 Å². The van der Waals surface area contributed by atoms with Crippen molar-refractivity contribution in [1.82, 2.24) is 9.78 Å². The second-order valence-corrected chi connectivity index (χ2v) is 3.86. The second kappa shape index (κ2) is 5.19. The molecule has 4 heteroatoms. The van der Waals surface area contributed by atoms with Crippen molar-refractivity contribution >= 4 is 11.7 Å². The molecule has 0 saturated heterocycles. The van der Waals surface area contributed by atoms with Crippen LogP contribution in [-0.2, 0) is 11.8 Å². The van der Waals surface area contributed by atoms with E-state index >= 15 is 0 Å². The normalized spacial score (nSPS) is 9.44. The zero-order valence-corrected chi connectivity index (χ0v) is 10.3. The van der Waals surface area contributed by atoms with E-state index in [0.29, 0.717) is 11.4 Å². The summed E-state index contributed by atoms with van der Waals surface area (Å²) in [4.78, 5) is 11.0. The van der Waals surface area contributed by atoms with Crippen molar-refractivity contribution < 1.29 is 4.79 Å². The minimum atomic E-state index is -0.156. The van der Waals surface area contributed by atoms with E-state index in [4.69, 9.17) is 0 Å². The molecule has 1 aromatic heterocycles. The van der Waals surface area contributed by atoms with E-state index in [2.05, 4.69) is 22.3 Å². The Morgan fingerprint density at radius 2 is 2.00 bits per heavy atom. The minimum absolute atomic E-state index is 0.156. The fourth-order valence-electron chi connectivity index (χ4n) is 1.50. The van der Waals surface area contributed by atoms with Gasteiger partial charge in [-0.3, -0.25) is 9.48 Å². The molecule has 90 valence electrons. The molecule has 0 spiro atoms. The van der Waals surface area contributed by atoms with Crippen molar-refractivity contribution in [2.24, 2.45) is 7.05 Å². The standard InChI is InChI=1S/C14H13N3O/c1-11(18)15-14-13(10-17(2)16-14)9-8-12-6-4-3-5-7-12/h3-7,10H,1-2H3,(H,15,16,18). The topological polar surface area (TPSA) is 46.9 Å². The van der Waals surface area contributed by atoms with Gasteiger partial charge in [-0.1, -0.05) is 30.0 Å². The summed E-state index contributed by atoms with van der Waals surface area (Å²) >= 11 is 0. The molecular weight excluding hydrogens is 226 g/mol. The molecule has 0 aliphatic rings. The number of carbonyl (C=O) groups excluding carboxylic acids is 1. The molecule has 0 unspecified atom stereocenters. The fraction of sp³-hybridized carbons (Fsp3) is 0.143. The van der Waals surface area contributed by atoms with E-state index in [9.17, 15) is 4.79 Å². The predicted molar refractivity (Wildman–Crippen MR) is 69.9 cm³/mol. The average molecular weight is 239 g/mol. The first-order valence-electron chi connectivity index (χ1n) is 5.53. The lowest BCUT2D eigenvalue weighted by Crippen LogP contribution is -2.07. The molecule has 0 aliphatic heterocycles. The van der Waals surface area contributed by atoms with Gasteiger partial charge in [-0.15, -0.1) is 0 Å². The zero-order chi connectivity index (χ0) is 13.0. The van der Waals surface area contributed by atoms with Crippen LogP contribution in [0.4, 0.5) is 5.82 Å². The van der Waals surface area contributed by atoms with Gasteiger partial charge in [0.25, 0.3) is 0 Å². The molecule has 2 rings (SSSR count). The second-order valence-electron chi connectivity index (χ2n) is 3.86. The third-order valence-electron chi connectivity index (χ3n) is 2.24. The number of anilines is 1. The van der Waals surface area contributed by atoms with E-state index in [0.717, 1.165) is 5.56 Å². The molecule has 1 amide bonds. The van der Waals surface area contributed by atoms with Gasteiger partial charge in [0.05, 0.1) is 5.56 Å². The van der Waals surface area contributed by atoms with Gasteiger partial charge in [-0.25, -0.2) is 0 Å². The molecule has 0 saturated carbocycles. The molecule has 2 aromatic rings. The van der Waals surface area contributed by atoms with E-state index in [1.807, 2.05) is 30.3 Å². The first-order chi connectivity index (χ1) is 8.65.